The van der Waals surface area contributed by atoms with Crippen molar-refractivity contribution in [2.45, 2.75) is 81.4 Å². The Morgan fingerprint density at radius 3 is 2.30 bits per heavy atom. The lowest BCUT2D eigenvalue weighted by Crippen LogP contribution is -2.47. The first kappa shape index (κ1) is 31.1. The van der Waals surface area contributed by atoms with Crippen molar-refractivity contribution in [1.82, 2.24) is 14.6 Å². The molecule has 1 amide bonds. The largest absolute Gasteiger partial charge is 0.481 e. The second-order valence-electron chi connectivity index (χ2n) is 11.9. The molecule has 0 saturated heterocycles. The fourth-order valence-electron chi connectivity index (χ4n) is 6.31. The Morgan fingerprint density at radius 2 is 1.67 bits per heavy atom. The zero-order valence-corrected chi connectivity index (χ0v) is 24.9. The van der Waals surface area contributed by atoms with E-state index in [1.807, 2.05) is 11.6 Å². The second-order valence-corrected chi connectivity index (χ2v) is 13.6. The van der Waals surface area contributed by atoms with Crippen LogP contribution in [-0.4, -0.2) is 48.2 Å². The van der Waals surface area contributed by atoms with Crippen LogP contribution >= 0.6 is 0 Å². The number of nitrogens with one attached hydrogen (secondary N) is 2. The van der Waals surface area contributed by atoms with Gasteiger partial charge in [0.05, 0.1) is 10.8 Å². The van der Waals surface area contributed by atoms with Crippen LogP contribution in [0.2, 0.25) is 0 Å². The van der Waals surface area contributed by atoms with Gasteiger partial charge in [-0.1, -0.05) is 62.4 Å². The molecule has 43 heavy (non-hydrogen) atoms. The van der Waals surface area contributed by atoms with E-state index in [4.69, 9.17) is 0 Å². The number of carboxylic acid groups (broad SMARTS) is 1. The second kappa shape index (κ2) is 12.0. The molecule has 8 nitrogen and oxygen atoms in total. The Kier molecular flexibility index (Phi) is 8.63. The summed E-state index contributed by atoms with van der Waals surface area (Å²) in [4.78, 5) is 24.4. The van der Waals surface area contributed by atoms with Gasteiger partial charge >= 0.3 is 12.1 Å². The number of benzene rings is 2. The first-order valence-electron chi connectivity index (χ1n) is 14.6. The van der Waals surface area contributed by atoms with Gasteiger partial charge in [-0.3, -0.25) is 9.59 Å². The predicted molar refractivity (Wildman–Crippen MR) is 156 cm³/mol. The Bertz CT molecular complexity index is 1640. The SMILES string of the molecule is C[C@H](NS(=O)(=O)c1ccc(-c2cc(C(=O)NC3CC(C(=O)O)C3)n(C)c2CC2CCCCC2)c2ccccc12)C(F)(F)F. The summed E-state index contributed by atoms with van der Waals surface area (Å²) in [5.74, 6) is -1.24. The highest BCUT2D eigenvalue weighted by atomic mass is 32.2. The first-order chi connectivity index (χ1) is 20.3. The van der Waals surface area contributed by atoms with E-state index >= 15 is 0 Å². The lowest BCUT2D eigenvalue weighted by atomic mass is 9.80. The van der Waals surface area contributed by atoms with Crippen LogP contribution in [0.25, 0.3) is 21.9 Å². The van der Waals surface area contributed by atoms with Gasteiger partial charge in [-0.2, -0.15) is 17.9 Å². The minimum atomic E-state index is -4.74. The van der Waals surface area contributed by atoms with E-state index in [-0.39, 0.29) is 22.2 Å². The number of nitrogens with zero attached hydrogens (tertiary/aromatic N) is 1. The average Bonchev–Trinajstić information content (AvgIpc) is 3.24. The summed E-state index contributed by atoms with van der Waals surface area (Å²) in [6.45, 7) is 0.758. The third kappa shape index (κ3) is 6.45. The fraction of sp³-hybridized carbons (Fsp3) is 0.484. The summed E-state index contributed by atoms with van der Waals surface area (Å²) in [5, 5.41) is 13.0. The molecule has 0 spiro atoms. The normalized spacial score (nSPS) is 20.5. The molecular weight excluding hydrogens is 583 g/mol. The van der Waals surface area contributed by atoms with Gasteiger partial charge in [0, 0.05) is 29.7 Å². The number of carbonyl (C=O) groups is 2. The molecule has 2 fully saturated rings. The van der Waals surface area contributed by atoms with E-state index in [2.05, 4.69) is 5.32 Å². The van der Waals surface area contributed by atoms with Crippen LogP contribution in [0.4, 0.5) is 13.2 Å². The van der Waals surface area contributed by atoms with Crippen molar-refractivity contribution in [1.29, 1.82) is 0 Å². The van der Waals surface area contributed by atoms with E-state index in [1.54, 1.807) is 41.1 Å². The molecule has 2 aromatic carbocycles. The zero-order chi connectivity index (χ0) is 31.1. The zero-order valence-electron chi connectivity index (χ0n) is 24.1. The highest BCUT2D eigenvalue weighted by molar-refractivity contribution is 7.89. The van der Waals surface area contributed by atoms with Crippen LogP contribution in [0.5, 0.6) is 0 Å². The minimum absolute atomic E-state index is 0.231. The van der Waals surface area contributed by atoms with Crippen molar-refractivity contribution in [2.75, 3.05) is 0 Å². The van der Waals surface area contributed by atoms with Crippen molar-refractivity contribution in [2.24, 2.45) is 18.9 Å². The third-order valence-corrected chi connectivity index (χ3v) is 10.5. The van der Waals surface area contributed by atoms with Crippen LogP contribution in [0.3, 0.4) is 0 Å². The number of rotatable bonds is 9. The number of carboxylic acids is 1. The molecule has 3 N–H and O–H groups in total. The Balaban J connectivity index is 1.56. The summed E-state index contributed by atoms with van der Waals surface area (Å²) >= 11 is 0. The minimum Gasteiger partial charge on any atom is -0.481 e. The van der Waals surface area contributed by atoms with Gasteiger partial charge in [-0.05, 0) is 55.2 Å². The molecule has 0 unspecified atom stereocenters. The van der Waals surface area contributed by atoms with Crippen LogP contribution in [0.15, 0.2) is 47.4 Å². The average molecular weight is 620 g/mol. The van der Waals surface area contributed by atoms with Gasteiger partial charge in [0.1, 0.15) is 11.7 Å². The molecule has 1 atom stereocenters. The van der Waals surface area contributed by atoms with Crippen molar-refractivity contribution >= 4 is 32.7 Å². The number of carbonyl (C=O) groups excluding carboxylic acids is 1. The monoisotopic (exact) mass is 619 g/mol. The van der Waals surface area contributed by atoms with Gasteiger partial charge in [0.15, 0.2) is 0 Å². The Labute approximate surface area is 248 Å². The van der Waals surface area contributed by atoms with Gasteiger partial charge in [0.25, 0.3) is 5.91 Å². The van der Waals surface area contributed by atoms with Gasteiger partial charge in [-0.15, -0.1) is 0 Å². The van der Waals surface area contributed by atoms with E-state index in [9.17, 15) is 36.3 Å². The smallest absolute Gasteiger partial charge is 0.404 e. The summed E-state index contributed by atoms with van der Waals surface area (Å²) in [6.07, 6.45) is 2.27. The van der Waals surface area contributed by atoms with Gasteiger partial charge in [0.2, 0.25) is 10.0 Å². The molecule has 2 aliphatic rings. The van der Waals surface area contributed by atoms with Crippen molar-refractivity contribution < 1.29 is 36.3 Å². The number of hydrogen-bond donors (Lipinski definition) is 3. The maximum Gasteiger partial charge on any atom is 0.404 e. The van der Waals surface area contributed by atoms with E-state index < -0.39 is 34.1 Å². The maximum atomic E-state index is 13.4. The first-order valence-corrected chi connectivity index (χ1v) is 16.1. The highest BCUT2D eigenvalue weighted by Crippen LogP contribution is 2.39. The van der Waals surface area contributed by atoms with E-state index in [0.717, 1.165) is 43.9 Å². The predicted octanol–water partition coefficient (Wildman–Crippen LogP) is 5.79. The highest BCUT2D eigenvalue weighted by Gasteiger charge is 2.39. The summed E-state index contributed by atoms with van der Waals surface area (Å²) in [7, 11) is -2.70. The van der Waals surface area contributed by atoms with Gasteiger partial charge in [-0.25, -0.2) is 8.42 Å². The number of alkyl halides is 3. The molecular formula is C31H36F3N3O5S. The fourth-order valence-corrected chi connectivity index (χ4v) is 7.75. The van der Waals surface area contributed by atoms with Gasteiger partial charge < -0.3 is 15.0 Å². The standard InChI is InChI=1S/C31H36F3N3O5S/c1-18(31(32,33)34)36-43(41,42)28-13-12-23(22-10-6-7-11-24(22)28)25-17-27(29(38)35-21-15-20(16-21)30(39)40)37(2)26(25)14-19-8-4-3-5-9-19/h6-7,10-13,17-21,36H,3-5,8-9,14-16H2,1-2H3,(H,35,38)(H,39,40)/t18-,20?,21?/m0/s1. The molecule has 2 aliphatic carbocycles. The Morgan fingerprint density at radius 1 is 1.02 bits per heavy atom. The molecule has 12 heteroatoms. The molecule has 1 aromatic heterocycles. The summed E-state index contributed by atoms with van der Waals surface area (Å²) in [5.41, 5.74) is 2.75. The lowest BCUT2D eigenvalue weighted by Gasteiger charge is -2.32. The maximum absolute atomic E-state index is 13.4. The topological polar surface area (TPSA) is 118 Å². The number of sulfonamides is 1. The molecule has 1 heterocycles. The molecule has 3 aromatic rings. The summed E-state index contributed by atoms with van der Waals surface area (Å²) in [6, 6.07) is 8.86. The number of amides is 1. The van der Waals surface area contributed by atoms with Crippen LogP contribution in [-0.2, 0) is 28.3 Å². The quantitative estimate of drug-likeness (QED) is 0.280. The van der Waals surface area contributed by atoms with Crippen LogP contribution < -0.4 is 10.0 Å². The molecule has 232 valence electrons. The molecule has 0 bridgehead atoms. The van der Waals surface area contributed by atoms with Crippen molar-refractivity contribution in [3.8, 4) is 11.1 Å². The van der Waals surface area contributed by atoms with Crippen LogP contribution in [0.1, 0.15) is 68.1 Å². The number of aliphatic carboxylic acids is 1. The number of hydrogen-bond acceptors (Lipinski definition) is 4. The van der Waals surface area contributed by atoms with Crippen molar-refractivity contribution in [3.63, 3.8) is 0 Å². The molecule has 0 aliphatic heterocycles. The number of aromatic nitrogens is 1. The summed E-state index contributed by atoms with van der Waals surface area (Å²) < 4.78 is 69.5. The Hall–Kier alpha value is -3.38. The number of halogens is 3. The van der Waals surface area contributed by atoms with E-state index in [1.165, 1.54) is 12.5 Å². The lowest BCUT2D eigenvalue weighted by molar-refractivity contribution is -0.147. The molecule has 5 rings (SSSR count). The van der Waals surface area contributed by atoms with E-state index in [0.29, 0.717) is 41.8 Å². The van der Waals surface area contributed by atoms with Crippen molar-refractivity contribution in [3.05, 3.63) is 53.9 Å². The molecule has 0 radical (unpaired) electrons. The van der Waals surface area contributed by atoms with Crippen LogP contribution in [0, 0.1) is 11.8 Å². The molecule has 2 saturated carbocycles. The number of fused-ring (bicyclic) bond motifs is 1. The third-order valence-electron chi connectivity index (χ3n) is 8.91.